The molecular weight excluding hydrogens is 182 g/mol. The minimum atomic E-state index is 0.787. The Morgan fingerprint density at radius 3 is 2.13 bits per heavy atom. The van der Waals surface area contributed by atoms with Crippen molar-refractivity contribution < 1.29 is 0 Å². The van der Waals surface area contributed by atoms with Gasteiger partial charge in [0, 0.05) is 6.04 Å². The third kappa shape index (κ3) is 4.14. The van der Waals surface area contributed by atoms with E-state index >= 15 is 0 Å². The highest BCUT2D eigenvalue weighted by molar-refractivity contribution is 4.80. The van der Waals surface area contributed by atoms with E-state index in [-0.39, 0.29) is 0 Å². The van der Waals surface area contributed by atoms with E-state index in [1.165, 1.54) is 51.4 Å². The molecule has 90 valence electrons. The molecule has 1 nitrogen and oxygen atoms in total. The standard InChI is InChI=1S/C14H29N/c1-4-12(5-2)11-14(15-3)13-9-7-6-8-10-13/h12-15H,4-11H2,1-3H3. The molecule has 1 rings (SSSR count). The molecule has 0 radical (unpaired) electrons. The second-order valence-electron chi connectivity index (χ2n) is 5.21. The van der Waals surface area contributed by atoms with Gasteiger partial charge in [-0.3, -0.25) is 0 Å². The molecule has 1 aliphatic rings. The maximum absolute atomic E-state index is 3.57. The smallest absolute Gasteiger partial charge is 0.00949 e. The van der Waals surface area contributed by atoms with Gasteiger partial charge in [-0.1, -0.05) is 46.0 Å². The summed E-state index contributed by atoms with van der Waals surface area (Å²) >= 11 is 0. The molecule has 0 aromatic carbocycles. The lowest BCUT2D eigenvalue weighted by Crippen LogP contribution is -2.36. The Morgan fingerprint density at radius 1 is 1.07 bits per heavy atom. The van der Waals surface area contributed by atoms with Gasteiger partial charge in [-0.15, -0.1) is 0 Å². The van der Waals surface area contributed by atoms with Gasteiger partial charge in [-0.25, -0.2) is 0 Å². The lowest BCUT2D eigenvalue weighted by Gasteiger charge is -2.32. The highest BCUT2D eigenvalue weighted by Gasteiger charge is 2.23. The molecule has 0 spiro atoms. The van der Waals surface area contributed by atoms with Crippen LogP contribution in [0, 0.1) is 11.8 Å². The summed E-state index contributed by atoms with van der Waals surface area (Å²) in [6.45, 7) is 4.67. The van der Waals surface area contributed by atoms with Crippen LogP contribution in [0.15, 0.2) is 0 Å². The zero-order valence-corrected chi connectivity index (χ0v) is 10.9. The van der Waals surface area contributed by atoms with Crippen molar-refractivity contribution in [2.45, 2.75) is 71.3 Å². The van der Waals surface area contributed by atoms with E-state index in [2.05, 4.69) is 26.2 Å². The highest BCUT2D eigenvalue weighted by atomic mass is 14.9. The van der Waals surface area contributed by atoms with E-state index in [4.69, 9.17) is 0 Å². The molecule has 1 aliphatic carbocycles. The van der Waals surface area contributed by atoms with Crippen molar-refractivity contribution in [3.8, 4) is 0 Å². The third-order valence-electron chi connectivity index (χ3n) is 4.33. The second kappa shape index (κ2) is 7.27. The summed E-state index contributed by atoms with van der Waals surface area (Å²) in [7, 11) is 2.15. The molecule has 1 saturated carbocycles. The van der Waals surface area contributed by atoms with Gasteiger partial charge < -0.3 is 5.32 Å². The molecule has 0 aromatic rings. The number of nitrogens with one attached hydrogen (secondary N) is 1. The Bertz CT molecular complexity index is 145. The average molecular weight is 211 g/mol. The zero-order valence-electron chi connectivity index (χ0n) is 10.9. The fourth-order valence-corrected chi connectivity index (χ4v) is 3.06. The zero-order chi connectivity index (χ0) is 11.1. The summed E-state index contributed by atoms with van der Waals surface area (Å²) in [5, 5.41) is 3.57. The first-order valence-electron chi connectivity index (χ1n) is 6.99. The second-order valence-corrected chi connectivity index (χ2v) is 5.21. The molecule has 1 heteroatoms. The molecule has 1 atom stereocenters. The molecule has 1 unspecified atom stereocenters. The third-order valence-corrected chi connectivity index (χ3v) is 4.33. The van der Waals surface area contributed by atoms with Crippen molar-refractivity contribution >= 4 is 0 Å². The largest absolute Gasteiger partial charge is 0.317 e. The lowest BCUT2D eigenvalue weighted by atomic mass is 9.79. The van der Waals surface area contributed by atoms with Crippen molar-refractivity contribution in [1.29, 1.82) is 0 Å². The summed E-state index contributed by atoms with van der Waals surface area (Å²) in [5.74, 6) is 1.90. The SMILES string of the molecule is CCC(CC)CC(NC)C1CCCCC1. The van der Waals surface area contributed by atoms with Crippen LogP contribution in [0.3, 0.4) is 0 Å². The summed E-state index contributed by atoms with van der Waals surface area (Å²) in [5.41, 5.74) is 0. The Morgan fingerprint density at radius 2 is 1.67 bits per heavy atom. The van der Waals surface area contributed by atoms with Crippen molar-refractivity contribution in [1.82, 2.24) is 5.32 Å². The van der Waals surface area contributed by atoms with E-state index in [1.807, 2.05) is 0 Å². The van der Waals surface area contributed by atoms with Crippen LogP contribution in [0.25, 0.3) is 0 Å². The van der Waals surface area contributed by atoms with Crippen LogP contribution in [0.4, 0.5) is 0 Å². The lowest BCUT2D eigenvalue weighted by molar-refractivity contribution is 0.238. The van der Waals surface area contributed by atoms with Crippen molar-refractivity contribution in [2.24, 2.45) is 11.8 Å². The normalized spacial score (nSPS) is 20.8. The molecule has 1 fully saturated rings. The first-order chi connectivity index (χ1) is 7.31. The van der Waals surface area contributed by atoms with Crippen LogP contribution < -0.4 is 5.32 Å². The fraction of sp³-hybridized carbons (Fsp3) is 1.00. The predicted octanol–water partition coefficient (Wildman–Crippen LogP) is 3.98. The van der Waals surface area contributed by atoms with Crippen LogP contribution in [0.1, 0.15) is 65.2 Å². The maximum Gasteiger partial charge on any atom is 0.00949 e. The minimum Gasteiger partial charge on any atom is -0.317 e. The summed E-state index contributed by atoms with van der Waals surface area (Å²) in [4.78, 5) is 0. The van der Waals surface area contributed by atoms with Gasteiger partial charge in [-0.05, 0) is 38.1 Å². The van der Waals surface area contributed by atoms with Crippen molar-refractivity contribution in [2.75, 3.05) is 7.05 Å². The number of hydrogen-bond donors (Lipinski definition) is 1. The Kier molecular flexibility index (Phi) is 6.31. The first-order valence-corrected chi connectivity index (χ1v) is 6.99. The van der Waals surface area contributed by atoms with Crippen LogP contribution in [0.2, 0.25) is 0 Å². The molecule has 0 bridgehead atoms. The molecule has 1 N–H and O–H groups in total. The van der Waals surface area contributed by atoms with Gasteiger partial charge in [0.25, 0.3) is 0 Å². The van der Waals surface area contributed by atoms with E-state index in [1.54, 1.807) is 0 Å². The number of hydrogen-bond acceptors (Lipinski definition) is 1. The summed E-state index contributed by atoms with van der Waals surface area (Å²) < 4.78 is 0. The van der Waals surface area contributed by atoms with Gasteiger partial charge in [0.1, 0.15) is 0 Å². The average Bonchev–Trinajstić information content (AvgIpc) is 2.32. The highest BCUT2D eigenvalue weighted by Crippen LogP contribution is 2.30. The van der Waals surface area contributed by atoms with E-state index in [0.29, 0.717) is 0 Å². The van der Waals surface area contributed by atoms with Crippen LogP contribution in [0.5, 0.6) is 0 Å². The molecule has 0 aliphatic heterocycles. The molecule has 15 heavy (non-hydrogen) atoms. The fourth-order valence-electron chi connectivity index (χ4n) is 3.06. The van der Waals surface area contributed by atoms with Gasteiger partial charge >= 0.3 is 0 Å². The van der Waals surface area contributed by atoms with Crippen molar-refractivity contribution in [3.05, 3.63) is 0 Å². The van der Waals surface area contributed by atoms with Gasteiger partial charge in [0.05, 0.1) is 0 Å². The van der Waals surface area contributed by atoms with Gasteiger partial charge in [0.2, 0.25) is 0 Å². The van der Waals surface area contributed by atoms with E-state index in [0.717, 1.165) is 17.9 Å². The molecule has 0 heterocycles. The summed E-state index contributed by atoms with van der Waals surface area (Å²) in [6, 6.07) is 0.787. The topological polar surface area (TPSA) is 12.0 Å². The van der Waals surface area contributed by atoms with E-state index < -0.39 is 0 Å². The van der Waals surface area contributed by atoms with Crippen LogP contribution in [-0.4, -0.2) is 13.1 Å². The molecule has 0 saturated heterocycles. The first kappa shape index (κ1) is 13.0. The Hall–Kier alpha value is -0.0400. The Balaban J connectivity index is 2.38. The minimum absolute atomic E-state index is 0.787. The molecule has 0 amide bonds. The van der Waals surface area contributed by atoms with Crippen LogP contribution in [-0.2, 0) is 0 Å². The monoisotopic (exact) mass is 211 g/mol. The maximum atomic E-state index is 3.57. The molecule has 0 aromatic heterocycles. The van der Waals surface area contributed by atoms with E-state index in [9.17, 15) is 0 Å². The van der Waals surface area contributed by atoms with Gasteiger partial charge in [0.15, 0.2) is 0 Å². The number of rotatable bonds is 6. The Labute approximate surface area is 96.0 Å². The molecular formula is C14H29N. The van der Waals surface area contributed by atoms with Crippen molar-refractivity contribution in [3.63, 3.8) is 0 Å². The quantitative estimate of drug-likeness (QED) is 0.700. The van der Waals surface area contributed by atoms with Crippen LogP contribution >= 0.6 is 0 Å². The predicted molar refractivity (Wildman–Crippen MR) is 68.1 cm³/mol. The summed E-state index contributed by atoms with van der Waals surface area (Å²) in [6.07, 6.45) is 11.4. The van der Waals surface area contributed by atoms with Gasteiger partial charge in [-0.2, -0.15) is 0 Å².